The number of pyridine rings is 1. The summed E-state index contributed by atoms with van der Waals surface area (Å²) >= 11 is 1.24. The van der Waals surface area contributed by atoms with Crippen molar-refractivity contribution in [2.75, 3.05) is 57.9 Å². The summed E-state index contributed by atoms with van der Waals surface area (Å²) in [5.41, 5.74) is -0.207. The van der Waals surface area contributed by atoms with Crippen LogP contribution in [0.3, 0.4) is 0 Å². The third-order valence-electron chi connectivity index (χ3n) is 6.13. The van der Waals surface area contributed by atoms with Crippen LogP contribution in [0.2, 0.25) is 0 Å². The lowest BCUT2D eigenvalue weighted by Gasteiger charge is -2.33. The number of ether oxygens (including phenoxy) is 2. The van der Waals surface area contributed by atoms with Crippen LogP contribution in [0.4, 0.5) is 10.6 Å². The highest BCUT2D eigenvalue weighted by Gasteiger charge is 2.43. The van der Waals surface area contributed by atoms with Gasteiger partial charge in [0.2, 0.25) is 0 Å². The molecule has 172 valence electrons. The predicted octanol–water partition coefficient (Wildman–Crippen LogP) is 3.12. The number of rotatable bonds is 8. The van der Waals surface area contributed by atoms with Crippen LogP contribution >= 0.6 is 12.2 Å². The van der Waals surface area contributed by atoms with E-state index in [0.717, 1.165) is 76.5 Å². The van der Waals surface area contributed by atoms with E-state index < -0.39 is 0 Å². The minimum absolute atomic E-state index is 0.162. The lowest BCUT2D eigenvalue weighted by molar-refractivity contribution is -0.163. The molecule has 0 unspecified atom stereocenters. The Labute approximate surface area is 188 Å². The molecule has 2 saturated heterocycles. The average Bonchev–Trinajstić information content (AvgIpc) is 3.53. The van der Waals surface area contributed by atoms with Crippen molar-refractivity contribution in [2.24, 2.45) is 5.92 Å². The van der Waals surface area contributed by atoms with Gasteiger partial charge < -0.3 is 19.3 Å². The number of hydrogen-bond donors (Lipinski definition) is 0. The zero-order chi connectivity index (χ0) is 21.7. The Balaban J connectivity index is 1.15. The summed E-state index contributed by atoms with van der Waals surface area (Å²) in [4.78, 5) is 25.5. The first-order chi connectivity index (χ1) is 15.0. The van der Waals surface area contributed by atoms with Gasteiger partial charge in [0.15, 0.2) is 0 Å². The van der Waals surface area contributed by atoms with Gasteiger partial charge >= 0.3 is 6.09 Å². The molecule has 4 rings (SSSR count). The Morgan fingerprint density at radius 1 is 1.16 bits per heavy atom. The molecule has 0 radical (unpaired) electrons. The largest absolute Gasteiger partial charge is 0.492 e. The number of carbonyl (C=O) groups is 1. The molecule has 0 N–H and O–H groups in total. The highest BCUT2D eigenvalue weighted by molar-refractivity contribution is 7.92. The summed E-state index contributed by atoms with van der Waals surface area (Å²) in [6.07, 6.45) is 5.47. The molecule has 1 aliphatic carbocycles. The molecule has 10 heteroatoms. The maximum absolute atomic E-state index is 12.2. The number of piperidine rings is 1. The van der Waals surface area contributed by atoms with Gasteiger partial charge in [0.05, 0.1) is 19.9 Å². The van der Waals surface area contributed by atoms with Crippen LogP contribution in [-0.2, 0) is 14.0 Å². The monoisotopic (exact) mass is 452 g/mol. The highest BCUT2D eigenvalue weighted by atomic mass is 32.2. The maximum Gasteiger partial charge on any atom is 0.410 e. The third-order valence-corrected chi connectivity index (χ3v) is 6.91. The molecule has 1 saturated carbocycles. The van der Waals surface area contributed by atoms with Crippen molar-refractivity contribution < 1.29 is 23.5 Å². The molecule has 3 aliphatic rings. The van der Waals surface area contributed by atoms with E-state index in [1.54, 1.807) is 6.20 Å². The number of carbonyl (C=O) groups excluding carboxylic acids is 1. The number of aromatic nitrogens is 1. The normalized spacial score (nSPS) is 21.7. The predicted molar refractivity (Wildman–Crippen MR) is 118 cm³/mol. The molecule has 2 aliphatic heterocycles. The Morgan fingerprint density at radius 2 is 1.90 bits per heavy atom. The van der Waals surface area contributed by atoms with Crippen LogP contribution < -0.4 is 9.64 Å². The molecular weight excluding hydrogens is 420 g/mol. The molecule has 0 bridgehead atoms. The fourth-order valence-electron chi connectivity index (χ4n) is 3.76. The van der Waals surface area contributed by atoms with Gasteiger partial charge in [-0.05, 0) is 50.7 Å². The molecular formula is C21H32N4O5S. The van der Waals surface area contributed by atoms with Crippen molar-refractivity contribution in [2.45, 2.75) is 38.2 Å². The lowest BCUT2D eigenvalue weighted by Crippen LogP contribution is -2.43. The lowest BCUT2D eigenvalue weighted by atomic mass is 9.98. The van der Waals surface area contributed by atoms with Gasteiger partial charge in [-0.15, -0.1) is 4.33 Å². The molecule has 0 atom stereocenters. The molecule has 3 fully saturated rings. The number of amides is 1. The zero-order valence-electron chi connectivity index (χ0n) is 18.3. The molecule has 0 spiro atoms. The first-order valence-corrected chi connectivity index (χ1v) is 11.7. The van der Waals surface area contributed by atoms with Crippen molar-refractivity contribution in [3.63, 3.8) is 0 Å². The molecule has 1 aromatic heterocycles. The van der Waals surface area contributed by atoms with Crippen molar-refractivity contribution >= 4 is 24.1 Å². The van der Waals surface area contributed by atoms with Crippen LogP contribution in [0.1, 0.15) is 32.6 Å². The van der Waals surface area contributed by atoms with Crippen LogP contribution in [0, 0.1) is 5.92 Å². The summed E-state index contributed by atoms with van der Waals surface area (Å²) < 4.78 is 18.6. The van der Waals surface area contributed by atoms with Crippen molar-refractivity contribution in [3.8, 4) is 5.75 Å². The Kier molecular flexibility index (Phi) is 7.42. The second kappa shape index (κ2) is 10.2. The summed E-state index contributed by atoms with van der Waals surface area (Å²) in [6.45, 7) is 7.64. The van der Waals surface area contributed by atoms with Crippen LogP contribution in [0.5, 0.6) is 5.75 Å². The van der Waals surface area contributed by atoms with Crippen LogP contribution in [0.25, 0.3) is 0 Å². The minimum atomic E-state index is -0.207. The first kappa shape index (κ1) is 22.4. The van der Waals surface area contributed by atoms with Crippen molar-refractivity contribution in [1.82, 2.24) is 14.2 Å². The standard InChI is InChI=1S/C21H32N4O5S/c1-21(7-8-21)29-20(26)24-9-5-17(6-10-24)16-28-18-3-4-19(22-15-18)23-11-13-25(14-12-23)31-30-27-2/h3-4,15,17H,5-14,16H2,1-2H3. The van der Waals surface area contributed by atoms with Gasteiger partial charge in [-0.1, -0.05) is 0 Å². The maximum atomic E-state index is 12.2. The van der Waals surface area contributed by atoms with Gasteiger partial charge in [0.1, 0.15) is 29.4 Å². The van der Waals surface area contributed by atoms with E-state index in [2.05, 4.69) is 19.1 Å². The second-order valence-corrected chi connectivity index (χ2v) is 9.44. The molecule has 1 aromatic rings. The fraction of sp³-hybridized carbons (Fsp3) is 0.714. The number of likely N-dealkylation sites (tertiary alicyclic amines) is 1. The van der Waals surface area contributed by atoms with Gasteiger partial charge in [0, 0.05) is 39.3 Å². The fourth-order valence-corrected chi connectivity index (χ4v) is 4.22. The molecule has 0 aromatic carbocycles. The van der Waals surface area contributed by atoms with Crippen LogP contribution in [-0.4, -0.2) is 78.9 Å². The van der Waals surface area contributed by atoms with E-state index >= 15 is 0 Å². The Hall–Kier alpha value is -1.75. The smallest absolute Gasteiger partial charge is 0.410 e. The van der Waals surface area contributed by atoms with E-state index in [4.69, 9.17) is 13.8 Å². The summed E-state index contributed by atoms with van der Waals surface area (Å²) in [5, 5.41) is 0. The van der Waals surface area contributed by atoms with E-state index in [-0.39, 0.29) is 11.7 Å². The Bertz CT molecular complexity index is 717. The van der Waals surface area contributed by atoms with Gasteiger partial charge in [0.25, 0.3) is 0 Å². The number of piperazine rings is 1. The Morgan fingerprint density at radius 3 is 2.52 bits per heavy atom. The summed E-state index contributed by atoms with van der Waals surface area (Å²) in [5.74, 6) is 2.19. The quantitative estimate of drug-likeness (QED) is 0.256. The topological polar surface area (TPSA) is 76.6 Å². The number of nitrogens with zero attached hydrogens (tertiary/aromatic N) is 4. The van der Waals surface area contributed by atoms with E-state index in [0.29, 0.717) is 12.5 Å². The van der Waals surface area contributed by atoms with Crippen molar-refractivity contribution in [3.05, 3.63) is 18.3 Å². The van der Waals surface area contributed by atoms with E-state index in [9.17, 15) is 4.79 Å². The van der Waals surface area contributed by atoms with Crippen LogP contribution in [0.15, 0.2) is 18.3 Å². The number of anilines is 1. The van der Waals surface area contributed by atoms with Gasteiger partial charge in [-0.25, -0.2) is 19.0 Å². The summed E-state index contributed by atoms with van der Waals surface area (Å²) in [6, 6.07) is 4.00. The summed E-state index contributed by atoms with van der Waals surface area (Å²) in [7, 11) is 1.51. The molecule has 9 nitrogen and oxygen atoms in total. The minimum Gasteiger partial charge on any atom is -0.492 e. The molecule has 1 amide bonds. The molecule has 3 heterocycles. The zero-order valence-corrected chi connectivity index (χ0v) is 19.1. The van der Waals surface area contributed by atoms with Gasteiger partial charge in [-0.3, -0.25) is 0 Å². The van der Waals surface area contributed by atoms with E-state index in [1.807, 2.05) is 24.0 Å². The first-order valence-electron chi connectivity index (χ1n) is 11.0. The SMILES string of the molecule is COOSN1CCN(c2ccc(OCC3CCN(C(=O)OC4(C)CC4)CC3)cn2)CC1. The third kappa shape index (κ3) is 6.38. The highest BCUT2D eigenvalue weighted by Crippen LogP contribution is 2.39. The second-order valence-electron chi connectivity index (χ2n) is 8.64. The van der Waals surface area contributed by atoms with Crippen molar-refractivity contribution in [1.29, 1.82) is 0 Å². The van der Waals surface area contributed by atoms with E-state index in [1.165, 1.54) is 19.3 Å². The number of hydrogen-bond acceptors (Lipinski definition) is 9. The molecule has 31 heavy (non-hydrogen) atoms. The average molecular weight is 453 g/mol. The van der Waals surface area contributed by atoms with Gasteiger partial charge in [-0.2, -0.15) is 0 Å².